The molecule has 2 aliphatic rings. The second-order valence-corrected chi connectivity index (χ2v) is 6.73. The molecule has 1 aliphatic heterocycles. The molecule has 1 aromatic heterocycles. The number of amides is 1. The average molecular weight is 327 g/mol. The molecular weight excluding hydrogens is 306 g/mol. The van der Waals surface area contributed by atoms with Crippen molar-refractivity contribution in [3.63, 3.8) is 0 Å². The Balaban J connectivity index is 1.44. The molecule has 0 spiro atoms. The van der Waals surface area contributed by atoms with Crippen LogP contribution in [0, 0.1) is 5.92 Å². The molecule has 2 aromatic rings. The number of hydrogen-bond donors (Lipinski definition) is 1. The number of carbonyl (C=O) groups excluding carboxylic acids is 1. The lowest BCUT2D eigenvalue weighted by molar-refractivity contribution is 0.0651. The maximum absolute atomic E-state index is 12.6. The third-order valence-electron chi connectivity index (χ3n) is 4.92. The van der Waals surface area contributed by atoms with Crippen molar-refractivity contribution in [3.05, 3.63) is 35.7 Å². The van der Waals surface area contributed by atoms with Gasteiger partial charge in [0.15, 0.2) is 5.82 Å². The molecule has 2 fully saturated rings. The van der Waals surface area contributed by atoms with E-state index in [4.69, 9.17) is 4.52 Å². The van der Waals surface area contributed by atoms with E-state index >= 15 is 0 Å². The van der Waals surface area contributed by atoms with E-state index < -0.39 is 0 Å². The molecule has 0 bridgehead atoms. The van der Waals surface area contributed by atoms with E-state index in [1.54, 1.807) is 0 Å². The molecule has 1 aliphatic carbocycles. The quantitative estimate of drug-likeness (QED) is 0.933. The number of hydrogen-bond acceptors (Lipinski definition) is 5. The first-order valence-corrected chi connectivity index (χ1v) is 8.59. The van der Waals surface area contributed by atoms with Gasteiger partial charge in [0, 0.05) is 36.7 Å². The zero-order valence-electron chi connectivity index (χ0n) is 13.5. The highest BCUT2D eigenvalue weighted by Gasteiger charge is 2.29. The Bertz CT molecular complexity index is 713. The number of likely N-dealkylation sites (tertiary alicyclic amines) is 1. The summed E-state index contributed by atoms with van der Waals surface area (Å²) >= 11 is 0. The Hall–Kier alpha value is -2.21. The summed E-state index contributed by atoms with van der Waals surface area (Å²) in [6, 6.07) is 7.35. The maximum Gasteiger partial charge on any atom is 0.257 e. The summed E-state index contributed by atoms with van der Waals surface area (Å²) < 4.78 is 5.31. The van der Waals surface area contributed by atoms with Gasteiger partial charge in [-0.05, 0) is 55.9 Å². The fourth-order valence-corrected chi connectivity index (χ4v) is 3.12. The molecule has 2 heterocycles. The van der Waals surface area contributed by atoms with Gasteiger partial charge in [-0.25, -0.2) is 0 Å². The molecule has 1 saturated heterocycles. The fourth-order valence-electron chi connectivity index (χ4n) is 3.12. The number of aliphatic hydroxyl groups excluding tert-OH is 1. The molecule has 0 atom stereocenters. The number of rotatable bonds is 4. The maximum atomic E-state index is 12.6. The third-order valence-corrected chi connectivity index (χ3v) is 4.92. The lowest BCUT2D eigenvalue weighted by Gasteiger charge is -2.31. The molecule has 126 valence electrons. The van der Waals surface area contributed by atoms with Crippen LogP contribution < -0.4 is 0 Å². The van der Waals surface area contributed by atoms with Crippen molar-refractivity contribution in [2.75, 3.05) is 19.7 Å². The van der Waals surface area contributed by atoms with Gasteiger partial charge in [0.1, 0.15) is 0 Å². The summed E-state index contributed by atoms with van der Waals surface area (Å²) in [6.07, 6.45) is 4.01. The molecule has 1 aromatic carbocycles. The third kappa shape index (κ3) is 3.06. The topological polar surface area (TPSA) is 79.5 Å². The van der Waals surface area contributed by atoms with Gasteiger partial charge >= 0.3 is 0 Å². The monoisotopic (exact) mass is 327 g/mol. The molecule has 0 radical (unpaired) electrons. The van der Waals surface area contributed by atoms with Crippen LogP contribution in [0.3, 0.4) is 0 Å². The van der Waals surface area contributed by atoms with Crippen molar-refractivity contribution in [2.24, 2.45) is 5.92 Å². The zero-order chi connectivity index (χ0) is 16.5. The van der Waals surface area contributed by atoms with Crippen LogP contribution in [0.4, 0.5) is 0 Å². The van der Waals surface area contributed by atoms with Crippen molar-refractivity contribution in [1.82, 2.24) is 15.0 Å². The van der Waals surface area contributed by atoms with Crippen LogP contribution in [0.5, 0.6) is 0 Å². The second-order valence-electron chi connectivity index (χ2n) is 6.73. The zero-order valence-corrected chi connectivity index (χ0v) is 13.5. The normalized spacial score (nSPS) is 18.8. The molecular formula is C18H21N3O3. The number of carbonyl (C=O) groups is 1. The second kappa shape index (κ2) is 6.36. The van der Waals surface area contributed by atoms with Crippen LogP contribution in [0.1, 0.15) is 47.8 Å². The number of benzene rings is 1. The highest BCUT2D eigenvalue weighted by atomic mass is 16.5. The minimum Gasteiger partial charge on any atom is -0.396 e. The Morgan fingerprint density at radius 3 is 2.50 bits per heavy atom. The summed E-state index contributed by atoms with van der Waals surface area (Å²) in [5.74, 6) is 2.14. The first-order chi connectivity index (χ1) is 11.7. The molecule has 1 amide bonds. The summed E-state index contributed by atoms with van der Waals surface area (Å²) in [5.41, 5.74) is 1.51. The largest absolute Gasteiger partial charge is 0.396 e. The SMILES string of the molecule is O=C(c1ccc(-c2nc(C3CC3)no2)cc1)N1CCC(CO)CC1. The van der Waals surface area contributed by atoms with Crippen molar-refractivity contribution >= 4 is 5.91 Å². The van der Waals surface area contributed by atoms with E-state index in [9.17, 15) is 9.90 Å². The first kappa shape index (κ1) is 15.3. The molecule has 6 heteroatoms. The molecule has 4 rings (SSSR count). The predicted molar refractivity (Wildman–Crippen MR) is 87.4 cm³/mol. The highest BCUT2D eigenvalue weighted by molar-refractivity contribution is 5.94. The fraction of sp³-hybridized carbons (Fsp3) is 0.500. The van der Waals surface area contributed by atoms with Crippen molar-refractivity contribution in [1.29, 1.82) is 0 Å². The van der Waals surface area contributed by atoms with Crippen LogP contribution >= 0.6 is 0 Å². The molecule has 0 unspecified atom stereocenters. The predicted octanol–water partition coefficient (Wildman–Crippen LogP) is 2.46. The standard InChI is InChI=1S/C18H21N3O3/c22-11-12-7-9-21(10-8-12)18(23)15-5-3-14(4-6-15)17-19-16(20-24-17)13-1-2-13/h3-6,12-13,22H,1-2,7-11H2. The van der Waals surface area contributed by atoms with Gasteiger partial charge in [-0.2, -0.15) is 4.98 Å². The van der Waals surface area contributed by atoms with Crippen molar-refractivity contribution in [3.8, 4) is 11.5 Å². The van der Waals surface area contributed by atoms with Gasteiger partial charge in [0.05, 0.1) is 0 Å². The summed E-state index contributed by atoms with van der Waals surface area (Å²) in [6.45, 7) is 1.63. The number of nitrogens with zero attached hydrogens (tertiary/aromatic N) is 3. The lowest BCUT2D eigenvalue weighted by atomic mass is 9.97. The Morgan fingerprint density at radius 2 is 1.88 bits per heavy atom. The van der Waals surface area contributed by atoms with Gasteiger partial charge in [0.2, 0.25) is 0 Å². The van der Waals surface area contributed by atoms with Crippen LogP contribution in [0.25, 0.3) is 11.5 Å². The van der Waals surface area contributed by atoms with Crippen LogP contribution in [-0.2, 0) is 0 Å². The van der Waals surface area contributed by atoms with Gasteiger partial charge in [-0.3, -0.25) is 4.79 Å². The summed E-state index contributed by atoms with van der Waals surface area (Å²) in [5, 5.41) is 13.2. The van der Waals surface area contributed by atoms with Gasteiger partial charge in [-0.1, -0.05) is 5.16 Å². The highest BCUT2D eigenvalue weighted by Crippen LogP contribution is 2.38. The van der Waals surface area contributed by atoms with E-state index in [1.165, 1.54) is 0 Å². The van der Waals surface area contributed by atoms with Crippen LogP contribution in [0.2, 0.25) is 0 Å². The molecule has 24 heavy (non-hydrogen) atoms. The smallest absolute Gasteiger partial charge is 0.257 e. The molecule has 6 nitrogen and oxygen atoms in total. The number of aromatic nitrogens is 2. The van der Waals surface area contributed by atoms with E-state index in [1.807, 2.05) is 29.2 Å². The van der Waals surface area contributed by atoms with Crippen LogP contribution in [0.15, 0.2) is 28.8 Å². The van der Waals surface area contributed by atoms with Crippen molar-refractivity contribution < 1.29 is 14.4 Å². The molecule has 1 saturated carbocycles. The Morgan fingerprint density at radius 1 is 1.17 bits per heavy atom. The Kier molecular flexibility index (Phi) is 4.06. The van der Waals surface area contributed by atoms with Gasteiger partial charge < -0.3 is 14.5 Å². The van der Waals surface area contributed by atoms with Gasteiger partial charge in [-0.15, -0.1) is 0 Å². The first-order valence-electron chi connectivity index (χ1n) is 8.59. The lowest BCUT2D eigenvalue weighted by Crippen LogP contribution is -2.39. The van der Waals surface area contributed by atoms with Crippen LogP contribution in [-0.4, -0.2) is 45.8 Å². The van der Waals surface area contributed by atoms with E-state index in [0.717, 1.165) is 37.1 Å². The van der Waals surface area contributed by atoms with Crippen molar-refractivity contribution in [2.45, 2.75) is 31.6 Å². The minimum atomic E-state index is 0.0436. The van der Waals surface area contributed by atoms with E-state index in [0.29, 0.717) is 36.4 Å². The average Bonchev–Trinajstić information content (AvgIpc) is 3.38. The summed E-state index contributed by atoms with van der Waals surface area (Å²) in [4.78, 5) is 18.8. The van der Waals surface area contributed by atoms with E-state index in [-0.39, 0.29) is 12.5 Å². The number of aliphatic hydroxyl groups is 1. The minimum absolute atomic E-state index is 0.0436. The Labute approximate surface area is 140 Å². The van der Waals surface area contributed by atoms with E-state index in [2.05, 4.69) is 10.1 Å². The molecule has 1 N–H and O–H groups in total. The number of piperidine rings is 1. The van der Waals surface area contributed by atoms with Gasteiger partial charge in [0.25, 0.3) is 11.8 Å². The summed E-state index contributed by atoms with van der Waals surface area (Å²) in [7, 11) is 0.